The van der Waals surface area contributed by atoms with E-state index in [0.717, 1.165) is 37.4 Å². The summed E-state index contributed by atoms with van der Waals surface area (Å²) in [6, 6.07) is 0.321. The highest BCUT2D eigenvalue weighted by Gasteiger charge is 2.18. The van der Waals surface area contributed by atoms with Crippen molar-refractivity contribution in [2.45, 2.75) is 32.6 Å². The van der Waals surface area contributed by atoms with E-state index in [0.29, 0.717) is 6.01 Å². The molecule has 2 rings (SSSR count). The van der Waals surface area contributed by atoms with Crippen molar-refractivity contribution < 1.29 is 4.42 Å². The zero-order valence-electron chi connectivity index (χ0n) is 10.1. The minimum atomic E-state index is 0. The van der Waals surface area contributed by atoms with Crippen LogP contribution in [0.1, 0.15) is 31.2 Å². The first-order valence-corrected chi connectivity index (χ1v) is 5.76. The Kier molecular flexibility index (Phi) is 7.59. The molecule has 0 aromatic carbocycles. The van der Waals surface area contributed by atoms with Gasteiger partial charge in [0.25, 0.3) is 6.01 Å². The normalized spacial score (nSPS) is 15.4. The van der Waals surface area contributed by atoms with Gasteiger partial charge in [-0.1, -0.05) is 13.3 Å². The molecule has 2 N–H and O–H groups in total. The van der Waals surface area contributed by atoms with Crippen molar-refractivity contribution in [3.63, 3.8) is 0 Å². The summed E-state index contributed by atoms with van der Waals surface area (Å²) in [5.41, 5.74) is 6.59. The molecule has 6 heteroatoms. The lowest BCUT2D eigenvalue weighted by Crippen LogP contribution is -2.27. The van der Waals surface area contributed by atoms with Crippen molar-refractivity contribution >= 4 is 30.8 Å². The van der Waals surface area contributed by atoms with Crippen LogP contribution in [0.3, 0.4) is 0 Å². The standard InChI is InChI=1S/C11H19N3O.2ClH/c1-2-3-6-14-7-4-9-10(5-8-14)15-11(12)13-9;;/h2-8H2,1H3,(H2,12,13);2*1H. The van der Waals surface area contributed by atoms with Gasteiger partial charge in [-0.05, 0) is 13.0 Å². The minimum Gasteiger partial charge on any atom is -0.429 e. The third-order valence-electron chi connectivity index (χ3n) is 2.94. The Bertz CT molecular complexity index is 305. The van der Waals surface area contributed by atoms with Gasteiger partial charge in [0.05, 0.1) is 5.69 Å². The summed E-state index contributed by atoms with van der Waals surface area (Å²) in [5.74, 6) is 0.992. The number of halogens is 2. The Morgan fingerprint density at radius 3 is 2.71 bits per heavy atom. The van der Waals surface area contributed by atoms with E-state index in [4.69, 9.17) is 10.2 Å². The molecule has 0 radical (unpaired) electrons. The van der Waals surface area contributed by atoms with Crippen LogP contribution in [0.25, 0.3) is 0 Å². The quantitative estimate of drug-likeness (QED) is 0.924. The summed E-state index contributed by atoms with van der Waals surface area (Å²) in [4.78, 5) is 6.69. The predicted octanol–water partition coefficient (Wildman–Crippen LogP) is 2.30. The molecule has 0 spiro atoms. The highest BCUT2D eigenvalue weighted by atomic mass is 35.5. The predicted molar refractivity (Wildman–Crippen MR) is 74.2 cm³/mol. The van der Waals surface area contributed by atoms with Crippen LogP contribution in [0.2, 0.25) is 0 Å². The number of anilines is 1. The molecule has 0 atom stereocenters. The number of nitrogens with two attached hydrogens (primary N) is 1. The van der Waals surface area contributed by atoms with Gasteiger partial charge < -0.3 is 15.1 Å². The fraction of sp³-hybridized carbons (Fsp3) is 0.727. The molecule has 100 valence electrons. The fourth-order valence-electron chi connectivity index (χ4n) is 2.03. The van der Waals surface area contributed by atoms with E-state index in [9.17, 15) is 0 Å². The topological polar surface area (TPSA) is 55.3 Å². The van der Waals surface area contributed by atoms with Crippen LogP contribution in [0.5, 0.6) is 0 Å². The lowest BCUT2D eigenvalue weighted by Gasteiger charge is -2.18. The van der Waals surface area contributed by atoms with Crippen molar-refractivity contribution in [2.24, 2.45) is 0 Å². The maximum atomic E-state index is 5.53. The molecule has 1 aliphatic heterocycles. The smallest absolute Gasteiger partial charge is 0.292 e. The van der Waals surface area contributed by atoms with Gasteiger partial charge in [-0.2, -0.15) is 4.98 Å². The Balaban J connectivity index is 0.00000128. The van der Waals surface area contributed by atoms with Crippen LogP contribution in [0, 0.1) is 0 Å². The van der Waals surface area contributed by atoms with Crippen molar-refractivity contribution in [3.8, 4) is 0 Å². The maximum absolute atomic E-state index is 5.53. The number of hydrogen-bond donors (Lipinski definition) is 1. The first kappa shape index (κ1) is 16.6. The molecule has 0 unspecified atom stereocenters. The molecule has 1 aliphatic rings. The largest absolute Gasteiger partial charge is 0.429 e. The zero-order valence-corrected chi connectivity index (χ0v) is 11.8. The monoisotopic (exact) mass is 281 g/mol. The van der Waals surface area contributed by atoms with E-state index in [2.05, 4.69) is 16.8 Å². The summed E-state index contributed by atoms with van der Waals surface area (Å²) in [5, 5.41) is 0. The Morgan fingerprint density at radius 2 is 2.00 bits per heavy atom. The number of unbranched alkanes of at least 4 members (excludes halogenated alkanes) is 1. The van der Waals surface area contributed by atoms with Crippen LogP contribution in [-0.4, -0.2) is 29.5 Å². The second kappa shape index (κ2) is 7.80. The summed E-state index contributed by atoms with van der Waals surface area (Å²) < 4.78 is 5.38. The number of oxazole rings is 1. The fourth-order valence-corrected chi connectivity index (χ4v) is 2.03. The van der Waals surface area contributed by atoms with Crippen molar-refractivity contribution in [3.05, 3.63) is 11.5 Å². The van der Waals surface area contributed by atoms with Gasteiger partial charge in [-0.15, -0.1) is 24.8 Å². The van der Waals surface area contributed by atoms with E-state index in [1.165, 1.54) is 19.4 Å². The number of rotatable bonds is 3. The number of aromatic nitrogens is 1. The molecule has 0 saturated carbocycles. The van der Waals surface area contributed by atoms with Gasteiger partial charge in [-0.3, -0.25) is 0 Å². The SMILES string of the molecule is CCCCN1CCc2nc(N)oc2CC1.Cl.Cl. The highest BCUT2D eigenvalue weighted by molar-refractivity contribution is 5.85. The lowest BCUT2D eigenvalue weighted by molar-refractivity contribution is 0.278. The first-order valence-electron chi connectivity index (χ1n) is 5.76. The van der Waals surface area contributed by atoms with E-state index in [1.807, 2.05) is 0 Å². The van der Waals surface area contributed by atoms with Gasteiger partial charge >= 0.3 is 0 Å². The molecule has 1 aromatic rings. The van der Waals surface area contributed by atoms with Gasteiger partial charge in [-0.25, -0.2) is 0 Å². The van der Waals surface area contributed by atoms with E-state index < -0.39 is 0 Å². The van der Waals surface area contributed by atoms with Gasteiger partial charge in [0.15, 0.2) is 0 Å². The average molecular weight is 282 g/mol. The van der Waals surface area contributed by atoms with Gasteiger partial charge in [0, 0.05) is 25.9 Å². The Labute approximate surface area is 115 Å². The molecule has 2 heterocycles. The lowest BCUT2D eigenvalue weighted by atomic mass is 10.2. The zero-order chi connectivity index (χ0) is 10.7. The average Bonchev–Trinajstić information content (AvgIpc) is 2.48. The van der Waals surface area contributed by atoms with Crippen LogP contribution in [0.4, 0.5) is 6.01 Å². The number of hydrogen-bond acceptors (Lipinski definition) is 4. The number of nitrogen functional groups attached to an aromatic ring is 1. The first-order chi connectivity index (χ1) is 7.29. The summed E-state index contributed by atoms with van der Waals surface area (Å²) in [6.07, 6.45) is 4.45. The molecular formula is C11H21Cl2N3O. The summed E-state index contributed by atoms with van der Waals surface area (Å²) in [7, 11) is 0. The third-order valence-corrected chi connectivity index (χ3v) is 2.94. The van der Waals surface area contributed by atoms with E-state index in [1.54, 1.807) is 0 Å². The minimum absolute atomic E-state index is 0. The van der Waals surface area contributed by atoms with Crippen LogP contribution in [0.15, 0.2) is 4.42 Å². The Morgan fingerprint density at radius 1 is 1.29 bits per heavy atom. The second-order valence-electron chi connectivity index (χ2n) is 4.12. The molecule has 0 bridgehead atoms. The van der Waals surface area contributed by atoms with E-state index in [-0.39, 0.29) is 24.8 Å². The molecule has 0 aliphatic carbocycles. The number of fused-ring (bicyclic) bond motifs is 1. The summed E-state index contributed by atoms with van der Waals surface area (Å²) >= 11 is 0. The molecular weight excluding hydrogens is 261 g/mol. The van der Waals surface area contributed by atoms with Gasteiger partial charge in [0.2, 0.25) is 0 Å². The van der Waals surface area contributed by atoms with Crippen LogP contribution < -0.4 is 5.73 Å². The Hall–Kier alpha value is -0.450. The summed E-state index contributed by atoms with van der Waals surface area (Å²) in [6.45, 7) is 5.57. The van der Waals surface area contributed by atoms with Crippen molar-refractivity contribution in [2.75, 3.05) is 25.4 Å². The van der Waals surface area contributed by atoms with E-state index >= 15 is 0 Å². The molecule has 0 amide bonds. The molecule has 0 saturated heterocycles. The molecule has 4 nitrogen and oxygen atoms in total. The van der Waals surface area contributed by atoms with Crippen molar-refractivity contribution in [1.29, 1.82) is 0 Å². The van der Waals surface area contributed by atoms with Crippen LogP contribution >= 0.6 is 24.8 Å². The number of nitrogens with zero attached hydrogens (tertiary/aromatic N) is 2. The maximum Gasteiger partial charge on any atom is 0.292 e. The molecule has 1 aromatic heterocycles. The van der Waals surface area contributed by atoms with Gasteiger partial charge in [0.1, 0.15) is 5.76 Å². The second-order valence-corrected chi connectivity index (χ2v) is 4.12. The highest BCUT2D eigenvalue weighted by Crippen LogP contribution is 2.18. The van der Waals surface area contributed by atoms with Crippen molar-refractivity contribution in [1.82, 2.24) is 9.88 Å². The molecule has 0 fully saturated rings. The molecule has 17 heavy (non-hydrogen) atoms. The van der Waals surface area contributed by atoms with Crippen LogP contribution in [-0.2, 0) is 12.8 Å². The third kappa shape index (κ3) is 4.37.